The summed E-state index contributed by atoms with van der Waals surface area (Å²) in [5.41, 5.74) is -0.526. The predicted molar refractivity (Wildman–Crippen MR) is 113 cm³/mol. The number of nitro groups is 1. The van der Waals surface area contributed by atoms with Gasteiger partial charge in [-0.05, 0) is 36.8 Å². The second-order valence-corrected chi connectivity index (χ2v) is 6.93. The van der Waals surface area contributed by atoms with Gasteiger partial charge in [0.05, 0.1) is 30.8 Å². The van der Waals surface area contributed by atoms with E-state index in [4.69, 9.17) is 9.15 Å². The third-order valence-corrected chi connectivity index (χ3v) is 4.61. The van der Waals surface area contributed by atoms with Crippen LogP contribution >= 0.6 is 0 Å². The second kappa shape index (κ2) is 11.1. The molecule has 0 aliphatic heterocycles. The van der Waals surface area contributed by atoms with E-state index in [1.165, 1.54) is 11.2 Å². The molecule has 34 heavy (non-hydrogen) atoms. The fourth-order valence-corrected chi connectivity index (χ4v) is 3.10. The van der Waals surface area contributed by atoms with E-state index in [0.29, 0.717) is 5.76 Å². The number of esters is 1. The number of hydrogen-bond donors (Lipinski definition) is 1. The number of benzene rings is 1. The van der Waals surface area contributed by atoms with E-state index in [0.717, 1.165) is 18.5 Å². The Balaban J connectivity index is 1.90. The van der Waals surface area contributed by atoms with Crippen LogP contribution in [-0.2, 0) is 22.6 Å². The van der Waals surface area contributed by atoms with Crippen molar-refractivity contribution >= 4 is 23.3 Å². The lowest BCUT2D eigenvalue weighted by Gasteiger charge is -2.22. The molecule has 0 fully saturated rings. The molecule has 0 aliphatic rings. The summed E-state index contributed by atoms with van der Waals surface area (Å²) in [7, 11) is 0. The molecule has 13 heteroatoms. The molecule has 0 spiro atoms. The van der Waals surface area contributed by atoms with E-state index in [2.05, 4.69) is 15.3 Å². The van der Waals surface area contributed by atoms with Crippen LogP contribution in [0.2, 0.25) is 0 Å². The Hall–Kier alpha value is -4.16. The summed E-state index contributed by atoms with van der Waals surface area (Å²) in [5.74, 6) is -4.78. The molecule has 3 aromatic rings. The first-order valence-corrected chi connectivity index (χ1v) is 10.1. The maximum atomic E-state index is 13.5. The lowest BCUT2D eigenvalue weighted by Crippen LogP contribution is -2.28. The highest BCUT2D eigenvalue weighted by Crippen LogP contribution is 2.33. The van der Waals surface area contributed by atoms with Crippen LogP contribution in [0.4, 0.5) is 30.5 Å². The lowest BCUT2D eigenvalue weighted by molar-refractivity contribution is -0.383. The Morgan fingerprint density at radius 1 is 1.26 bits per heavy atom. The van der Waals surface area contributed by atoms with Crippen LogP contribution in [0, 0.1) is 27.6 Å². The average Bonchev–Trinajstić information content (AvgIpc) is 3.31. The van der Waals surface area contributed by atoms with Crippen molar-refractivity contribution in [3.8, 4) is 0 Å². The van der Waals surface area contributed by atoms with Gasteiger partial charge >= 0.3 is 11.7 Å². The summed E-state index contributed by atoms with van der Waals surface area (Å²) in [5, 5.41) is 14.6. The Morgan fingerprint density at radius 2 is 2.00 bits per heavy atom. The zero-order valence-electron chi connectivity index (χ0n) is 18.0. The van der Waals surface area contributed by atoms with Gasteiger partial charge in [-0.25, -0.2) is 23.1 Å². The van der Waals surface area contributed by atoms with Crippen molar-refractivity contribution in [1.82, 2.24) is 9.97 Å². The molecule has 0 atom stereocenters. The van der Waals surface area contributed by atoms with Gasteiger partial charge in [0, 0.05) is 13.1 Å². The van der Waals surface area contributed by atoms with Gasteiger partial charge in [-0.15, -0.1) is 0 Å². The number of anilines is 2. The number of aromatic nitrogens is 2. The smallest absolute Gasteiger partial charge is 0.353 e. The number of rotatable bonds is 11. The number of nitrogens with zero attached hydrogens (tertiary/aromatic N) is 4. The van der Waals surface area contributed by atoms with Crippen LogP contribution in [0.5, 0.6) is 0 Å². The van der Waals surface area contributed by atoms with E-state index >= 15 is 0 Å². The van der Waals surface area contributed by atoms with E-state index in [1.54, 1.807) is 19.1 Å². The normalized spacial score (nSPS) is 10.7. The SMILES string of the molecule is CCOC(=O)CCN(Cc1ccco1)c1ncnc(NCc2cc(F)c(F)c(F)c2)c1[N+](=O)[O-]. The molecule has 2 aromatic heterocycles. The third kappa shape index (κ3) is 5.99. The van der Waals surface area contributed by atoms with E-state index in [9.17, 15) is 28.1 Å². The minimum atomic E-state index is -1.62. The van der Waals surface area contributed by atoms with Gasteiger partial charge in [0.25, 0.3) is 0 Å². The van der Waals surface area contributed by atoms with Crippen molar-refractivity contribution < 1.29 is 32.0 Å². The quantitative estimate of drug-likeness (QED) is 0.188. The highest BCUT2D eigenvalue weighted by atomic mass is 19.2. The van der Waals surface area contributed by atoms with Gasteiger partial charge in [0.15, 0.2) is 17.5 Å². The van der Waals surface area contributed by atoms with Gasteiger partial charge in [0.1, 0.15) is 12.1 Å². The van der Waals surface area contributed by atoms with Crippen molar-refractivity contribution in [1.29, 1.82) is 0 Å². The molecule has 0 bridgehead atoms. The summed E-state index contributed by atoms with van der Waals surface area (Å²) >= 11 is 0. The molecule has 0 saturated heterocycles. The molecule has 1 aromatic carbocycles. The van der Waals surface area contributed by atoms with Crippen LogP contribution in [0.3, 0.4) is 0 Å². The van der Waals surface area contributed by atoms with Crippen LogP contribution in [0.25, 0.3) is 0 Å². The fraction of sp³-hybridized carbons (Fsp3) is 0.286. The largest absolute Gasteiger partial charge is 0.467 e. The number of halogens is 3. The molecule has 0 aliphatic carbocycles. The molecular weight excluding hydrogens is 459 g/mol. The van der Waals surface area contributed by atoms with Crippen LogP contribution in [-0.4, -0.2) is 34.0 Å². The zero-order valence-corrected chi connectivity index (χ0v) is 18.0. The Kier molecular flexibility index (Phi) is 8.01. The molecule has 0 amide bonds. The summed E-state index contributed by atoms with van der Waals surface area (Å²) in [6.45, 7) is 1.63. The topological polar surface area (TPSA) is 124 Å². The number of furan rings is 1. The van der Waals surface area contributed by atoms with Gasteiger partial charge < -0.3 is 19.4 Å². The van der Waals surface area contributed by atoms with E-state index in [-0.39, 0.29) is 49.9 Å². The van der Waals surface area contributed by atoms with Crippen LogP contribution in [0.15, 0.2) is 41.3 Å². The first-order chi connectivity index (χ1) is 16.3. The second-order valence-electron chi connectivity index (χ2n) is 6.93. The number of carbonyl (C=O) groups is 1. The van der Waals surface area contributed by atoms with Crippen molar-refractivity contribution in [2.24, 2.45) is 0 Å². The number of nitrogens with one attached hydrogen (secondary N) is 1. The minimum absolute atomic E-state index is 0.000568. The van der Waals surface area contributed by atoms with Gasteiger partial charge in [-0.1, -0.05) is 0 Å². The van der Waals surface area contributed by atoms with Crippen molar-refractivity contribution in [2.45, 2.75) is 26.4 Å². The maximum Gasteiger partial charge on any atom is 0.353 e. The standard InChI is InChI=1S/C21H20F3N5O5/c1-2-33-17(30)5-6-28(11-14-4-3-7-34-14)21-19(29(31)32)20(26-12-27-21)25-10-13-8-15(22)18(24)16(23)9-13/h3-4,7-9,12H,2,5-6,10-11H2,1H3,(H,25,26,27). The molecule has 2 heterocycles. The zero-order chi connectivity index (χ0) is 24.7. The maximum absolute atomic E-state index is 13.5. The summed E-state index contributed by atoms with van der Waals surface area (Å²) in [6.07, 6.45) is 2.42. The minimum Gasteiger partial charge on any atom is -0.467 e. The highest BCUT2D eigenvalue weighted by molar-refractivity contribution is 5.73. The van der Waals surface area contributed by atoms with Crippen LogP contribution in [0.1, 0.15) is 24.7 Å². The molecule has 3 rings (SSSR count). The lowest BCUT2D eigenvalue weighted by atomic mass is 10.2. The number of hydrogen-bond acceptors (Lipinski definition) is 9. The van der Waals surface area contributed by atoms with Crippen molar-refractivity contribution in [3.63, 3.8) is 0 Å². The first-order valence-electron chi connectivity index (χ1n) is 10.1. The average molecular weight is 479 g/mol. The highest BCUT2D eigenvalue weighted by Gasteiger charge is 2.28. The first kappa shape index (κ1) is 24.5. The van der Waals surface area contributed by atoms with Crippen LogP contribution < -0.4 is 10.2 Å². The molecular formula is C21H20F3N5O5. The Bertz CT molecular complexity index is 1140. The van der Waals surface area contributed by atoms with Crippen molar-refractivity contribution in [3.05, 3.63) is 75.7 Å². The molecule has 10 nitrogen and oxygen atoms in total. The molecule has 0 radical (unpaired) electrons. The Morgan fingerprint density at radius 3 is 2.62 bits per heavy atom. The molecule has 0 saturated carbocycles. The molecule has 1 N–H and O–H groups in total. The van der Waals surface area contributed by atoms with Gasteiger partial charge in [-0.3, -0.25) is 14.9 Å². The summed E-state index contributed by atoms with van der Waals surface area (Å²) in [4.78, 5) is 32.4. The number of ether oxygens (including phenoxy) is 1. The molecule has 180 valence electrons. The summed E-state index contributed by atoms with van der Waals surface area (Å²) < 4.78 is 50.4. The monoisotopic (exact) mass is 479 g/mol. The van der Waals surface area contributed by atoms with Crippen molar-refractivity contribution in [2.75, 3.05) is 23.4 Å². The number of carbonyl (C=O) groups excluding carboxylic acids is 1. The molecule has 0 unspecified atom stereocenters. The van der Waals surface area contributed by atoms with E-state index < -0.39 is 34.0 Å². The predicted octanol–water partition coefficient (Wildman–Crippen LogP) is 3.97. The fourth-order valence-electron chi connectivity index (χ4n) is 3.10. The van der Waals surface area contributed by atoms with Gasteiger partial charge in [-0.2, -0.15) is 0 Å². The van der Waals surface area contributed by atoms with E-state index in [1.807, 2.05) is 0 Å². The summed E-state index contributed by atoms with van der Waals surface area (Å²) in [6, 6.07) is 4.83. The Labute approximate surface area is 191 Å². The third-order valence-electron chi connectivity index (χ3n) is 4.61. The van der Waals surface area contributed by atoms with Gasteiger partial charge in [0.2, 0.25) is 11.6 Å².